The molecule has 2 unspecified atom stereocenters. The first-order valence-electron chi connectivity index (χ1n) is 7.59. The number of esters is 2. The third kappa shape index (κ3) is 6.80. The van der Waals surface area contributed by atoms with E-state index in [4.69, 9.17) is 8.37 Å². The molecule has 27 heavy (non-hydrogen) atoms. The van der Waals surface area contributed by atoms with Gasteiger partial charge in [0.2, 0.25) is 4.11 Å². The summed E-state index contributed by atoms with van der Waals surface area (Å²) >= 11 is 1.44. The van der Waals surface area contributed by atoms with Crippen molar-refractivity contribution in [3.8, 4) is 0 Å². The Morgan fingerprint density at radius 3 is 1.59 bits per heavy atom. The van der Waals surface area contributed by atoms with E-state index in [2.05, 4.69) is 9.47 Å². The summed E-state index contributed by atoms with van der Waals surface area (Å²) in [5, 5.41) is 0. The Balaban J connectivity index is 5.55. The van der Waals surface area contributed by atoms with Crippen LogP contribution in [-0.2, 0) is 47.7 Å². The molecule has 0 aromatic rings. The highest BCUT2D eigenvalue weighted by Gasteiger charge is 2.48. The minimum atomic E-state index is -4.38. The fraction of sp³-hybridized carbons (Fsp3) is 0.857. The number of alkyl halides is 1. The molecular formula is C14H25IO10S2. The second-order valence-electron chi connectivity index (χ2n) is 6.80. The van der Waals surface area contributed by atoms with Crippen molar-refractivity contribution in [3.63, 3.8) is 0 Å². The van der Waals surface area contributed by atoms with Crippen molar-refractivity contribution < 1.29 is 44.3 Å². The molecule has 0 aromatic heterocycles. The molecule has 0 aliphatic heterocycles. The Bertz CT molecular complexity index is 691. The van der Waals surface area contributed by atoms with Crippen molar-refractivity contribution in [1.29, 1.82) is 0 Å². The fourth-order valence-electron chi connectivity index (χ4n) is 2.10. The van der Waals surface area contributed by atoms with Crippen molar-refractivity contribution in [2.45, 2.75) is 60.7 Å². The summed E-state index contributed by atoms with van der Waals surface area (Å²) in [4.78, 5) is 22.8. The van der Waals surface area contributed by atoms with Crippen molar-refractivity contribution in [3.05, 3.63) is 0 Å². The van der Waals surface area contributed by atoms with Crippen LogP contribution in [0.3, 0.4) is 0 Å². The molecule has 0 aliphatic rings. The largest absolute Gasteiger partial charge is 0.467 e. The molecule has 0 saturated carbocycles. The van der Waals surface area contributed by atoms with Gasteiger partial charge in [-0.25, -0.2) is 13.8 Å². The lowest BCUT2D eigenvalue weighted by Crippen LogP contribution is -2.47. The zero-order chi connectivity index (χ0) is 21.8. The van der Waals surface area contributed by atoms with Gasteiger partial charge < -0.3 is 9.47 Å². The first-order chi connectivity index (χ1) is 11.9. The van der Waals surface area contributed by atoms with Crippen LogP contribution in [-0.4, -0.2) is 62.7 Å². The molecule has 0 bridgehead atoms. The maximum atomic E-state index is 12.5. The molecule has 0 rings (SSSR count). The predicted molar refractivity (Wildman–Crippen MR) is 104 cm³/mol. The van der Waals surface area contributed by atoms with Gasteiger partial charge in [0.15, 0.2) is 6.10 Å². The van der Waals surface area contributed by atoms with Gasteiger partial charge in [-0.1, -0.05) is 0 Å². The van der Waals surface area contributed by atoms with Gasteiger partial charge in [-0.15, -0.1) is 0 Å². The molecule has 0 fully saturated rings. The van der Waals surface area contributed by atoms with Gasteiger partial charge in [0, 0.05) is 0 Å². The zero-order valence-electron chi connectivity index (χ0n) is 16.1. The Morgan fingerprint density at radius 2 is 1.22 bits per heavy atom. The van der Waals surface area contributed by atoms with E-state index >= 15 is 0 Å². The molecule has 0 N–H and O–H groups in total. The van der Waals surface area contributed by atoms with Crippen molar-refractivity contribution in [2.75, 3.05) is 14.2 Å². The van der Waals surface area contributed by atoms with Crippen molar-refractivity contribution in [2.24, 2.45) is 0 Å². The summed E-state index contributed by atoms with van der Waals surface area (Å²) in [5.74, 6) is -1.80. The maximum absolute atomic E-state index is 12.5. The summed E-state index contributed by atoms with van der Waals surface area (Å²) in [6.45, 7) is 6.21. The highest BCUT2D eigenvalue weighted by atomic mass is 127. The molecule has 0 spiro atoms. The molecule has 0 radical (unpaired) electrons. The number of hydrogen-bond donors (Lipinski definition) is 0. The monoisotopic (exact) mass is 544 g/mol. The second-order valence-corrected chi connectivity index (χ2v) is 12.3. The Morgan fingerprint density at radius 1 is 0.852 bits per heavy atom. The molecule has 160 valence electrons. The molecule has 0 aliphatic carbocycles. The van der Waals surface area contributed by atoms with Gasteiger partial charge in [-0.2, -0.15) is 16.8 Å². The molecule has 2 atom stereocenters. The van der Waals surface area contributed by atoms with Crippen molar-refractivity contribution >= 4 is 54.8 Å². The van der Waals surface area contributed by atoms with E-state index < -0.39 is 58.3 Å². The summed E-state index contributed by atoms with van der Waals surface area (Å²) in [6, 6.07) is 0. The maximum Gasteiger partial charge on any atom is 0.346 e. The average Bonchev–Trinajstić information content (AvgIpc) is 2.50. The number of ether oxygens (including phenoxy) is 2. The van der Waals surface area contributed by atoms with Crippen LogP contribution in [0.25, 0.3) is 0 Å². The first kappa shape index (κ1) is 26.5. The van der Waals surface area contributed by atoms with Gasteiger partial charge in [-0.3, -0.25) is 4.18 Å². The van der Waals surface area contributed by atoms with E-state index in [0.717, 1.165) is 14.2 Å². The third-order valence-electron chi connectivity index (χ3n) is 3.61. The summed E-state index contributed by atoms with van der Waals surface area (Å²) in [6.07, 6.45) is -1.84. The molecule has 0 aromatic carbocycles. The van der Waals surface area contributed by atoms with Crippen LogP contribution in [0.1, 0.15) is 41.0 Å². The summed E-state index contributed by atoms with van der Waals surface area (Å²) < 4.78 is 63.7. The topological polar surface area (TPSA) is 139 Å². The second kappa shape index (κ2) is 9.33. The Labute approximate surface area is 173 Å². The average molecular weight is 544 g/mol. The van der Waals surface area contributed by atoms with Crippen LogP contribution in [0.15, 0.2) is 0 Å². The highest BCUT2D eigenvalue weighted by Crippen LogP contribution is 2.35. The molecule has 13 heteroatoms. The van der Waals surface area contributed by atoms with Crippen LogP contribution in [0, 0.1) is 0 Å². The standard InChI is InChI=1S/C14H25IO10S2/c1-9(11(16)22-6)24-26(18,19)13(2,3)8-14(4,5)27(20,21)25-10(15)12(17)23-7/h9-10H,8H2,1-7H3. The van der Waals surface area contributed by atoms with E-state index in [0.29, 0.717) is 0 Å². The third-order valence-corrected chi connectivity index (χ3v) is 8.70. The lowest BCUT2D eigenvalue weighted by atomic mass is 9.99. The number of carbonyl (C=O) groups is 2. The minimum Gasteiger partial charge on any atom is -0.467 e. The zero-order valence-corrected chi connectivity index (χ0v) is 19.9. The number of carbonyl (C=O) groups excluding carboxylic acids is 2. The van der Waals surface area contributed by atoms with E-state index in [1.54, 1.807) is 0 Å². The summed E-state index contributed by atoms with van der Waals surface area (Å²) in [7, 11) is -6.60. The molecule has 0 amide bonds. The van der Waals surface area contributed by atoms with Gasteiger partial charge in [0.05, 0.1) is 23.7 Å². The van der Waals surface area contributed by atoms with E-state index in [1.165, 1.54) is 57.2 Å². The van der Waals surface area contributed by atoms with Crippen LogP contribution >= 0.6 is 22.6 Å². The molecule has 10 nitrogen and oxygen atoms in total. The van der Waals surface area contributed by atoms with Crippen molar-refractivity contribution in [1.82, 2.24) is 0 Å². The van der Waals surface area contributed by atoms with E-state index in [9.17, 15) is 26.4 Å². The summed E-state index contributed by atoms with van der Waals surface area (Å²) in [5.41, 5.74) is 0. The van der Waals surface area contributed by atoms with E-state index in [1.807, 2.05) is 0 Å². The predicted octanol–water partition coefficient (Wildman–Crippen LogP) is 1.12. The van der Waals surface area contributed by atoms with Gasteiger partial charge >= 0.3 is 11.9 Å². The van der Waals surface area contributed by atoms with Gasteiger partial charge in [0.25, 0.3) is 20.2 Å². The normalized spacial score (nSPS) is 15.7. The SMILES string of the molecule is COC(=O)C(C)OS(=O)(=O)C(C)(C)CC(C)(C)S(=O)(=O)OC(I)C(=O)OC. The molecular weight excluding hydrogens is 519 g/mol. The van der Waals surface area contributed by atoms with Crippen LogP contribution in [0.4, 0.5) is 0 Å². The van der Waals surface area contributed by atoms with Gasteiger partial charge in [-0.05, 0) is 63.6 Å². The minimum absolute atomic E-state index is 0.441. The number of rotatable bonds is 10. The molecule has 0 saturated heterocycles. The Hall–Kier alpha value is -0.510. The number of halogens is 1. The van der Waals surface area contributed by atoms with E-state index in [-0.39, 0.29) is 0 Å². The highest BCUT2D eigenvalue weighted by molar-refractivity contribution is 14.1. The number of hydrogen-bond acceptors (Lipinski definition) is 10. The van der Waals surface area contributed by atoms with Gasteiger partial charge in [0.1, 0.15) is 0 Å². The smallest absolute Gasteiger partial charge is 0.346 e. The van der Waals surface area contributed by atoms with Crippen LogP contribution < -0.4 is 0 Å². The number of methoxy groups -OCH3 is 2. The lowest BCUT2D eigenvalue weighted by Gasteiger charge is -2.33. The first-order valence-corrected chi connectivity index (χ1v) is 11.7. The Kier molecular flexibility index (Phi) is 9.15. The molecule has 0 heterocycles. The quantitative estimate of drug-likeness (QED) is 0.170. The van der Waals surface area contributed by atoms with Crippen LogP contribution in [0.5, 0.6) is 0 Å². The van der Waals surface area contributed by atoms with Crippen LogP contribution in [0.2, 0.25) is 0 Å². The lowest BCUT2D eigenvalue weighted by molar-refractivity contribution is -0.147. The fourth-order valence-corrected chi connectivity index (χ4v) is 5.62.